The number of fused-ring (bicyclic) bond motifs is 1. The summed E-state index contributed by atoms with van der Waals surface area (Å²) in [7, 11) is 0. The maximum Gasteiger partial charge on any atom is 0.0982 e. The zero-order valence-electron chi connectivity index (χ0n) is 11.0. The molecule has 3 heteroatoms. The Bertz CT molecular complexity index is 500. The van der Waals surface area contributed by atoms with E-state index in [1.165, 1.54) is 40.7 Å². The van der Waals surface area contributed by atoms with E-state index in [-0.39, 0.29) is 12.4 Å². The minimum absolute atomic E-state index is 0. The lowest BCUT2D eigenvalue weighted by Crippen LogP contribution is -2.26. The quantitative estimate of drug-likeness (QED) is 0.846. The number of halogens is 1. The minimum atomic E-state index is 0. The Kier molecular flexibility index (Phi) is 3.98. The van der Waals surface area contributed by atoms with E-state index in [0.717, 1.165) is 13.1 Å². The molecule has 0 aromatic carbocycles. The molecule has 0 aromatic rings. The summed E-state index contributed by atoms with van der Waals surface area (Å²) < 4.78 is 5.37. The highest BCUT2D eigenvalue weighted by molar-refractivity contribution is 5.85. The molecule has 98 valence electrons. The van der Waals surface area contributed by atoms with Gasteiger partial charge >= 0.3 is 0 Å². The first-order chi connectivity index (χ1) is 8.29. The van der Waals surface area contributed by atoms with Gasteiger partial charge in [0.2, 0.25) is 0 Å². The summed E-state index contributed by atoms with van der Waals surface area (Å²) in [5, 5.41) is 3.44. The van der Waals surface area contributed by atoms with Gasteiger partial charge < -0.3 is 9.73 Å². The molecule has 0 spiro atoms. The van der Waals surface area contributed by atoms with Crippen LogP contribution >= 0.6 is 12.4 Å². The largest absolute Gasteiger partial charge is 0.472 e. The molecule has 0 radical (unpaired) electrons. The zero-order valence-corrected chi connectivity index (χ0v) is 11.8. The van der Waals surface area contributed by atoms with E-state index in [0.29, 0.717) is 5.92 Å². The van der Waals surface area contributed by atoms with Crippen LogP contribution in [0.15, 0.2) is 23.0 Å². The van der Waals surface area contributed by atoms with Crippen molar-refractivity contribution in [2.75, 3.05) is 13.1 Å². The highest BCUT2D eigenvalue weighted by Crippen LogP contribution is 2.42. The number of nitrogens with one attached hydrogen (secondary N) is 1. The number of rotatable bonds is 1. The van der Waals surface area contributed by atoms with Crippen molar-refractivity contribution in [1.82, 2.24) is 5.32 Å². The average molecular weight is 266 g/mol. The van der Waals surface area contributed by atoms with E-state index in [9.17, 15) is 0 Å². The molecule has 0 atom stereocenters. The second-order valence-corrected chi connectivity index (χ2v) is 5.07. The van der Waals surface area contributed by atoms with Crippen molar-refractivity contribution in [2.45, 2.75) is 32.6 Å². The van der Waals surface area contributed by atoms with Gasteiger partial charge in [0.15, 0.2) is 0 Å². The van der Waals surface area contributed by atoms with Gasteiger partial charge in [0, 0.05) is 5.56 Å². The molecule has 2 nitrogen and oxygen atoms in total. The Morgan fingerprint density at radius 1 is 1.11 bits per heavy atom. The van der Waals surface area contributed by atoms with Gasteiger partial charge in [0.1, 0.15) is 0 Å². The standard InChI is InChI=1S/C15H19NO.ClH/c1-10-11(2)15(12-3-6-16-7-4-12)14-9-17-8-5-13(10)14;/h5,8-9,12,16H,3-4,6-7H2,1-2H3;1H. The van der Waals surface area contributed by atoms with Gasteiger partial charge in [-0.3, -0.25) is 0 Å². The van der Waals surface area contributed by atoms with E-state index >= 15 is 0 Å². The minimum Gasteiger partial charge on any atom is -0.472 e. The van der Waals surface area contributed by atoms with Gasteiger partial charge in [-0.1, -0.05) is 0 Å². The number of piperidine rings is 1. The average Bonchev–Trinajstić information content (AvgIpc) is 2.64. The molecule has 0 bridgehead atoms. The van der Waals surface area contributed by atoms with Crippen LogP contribution in [0.25, 0.3) is 11.1 Å². The summed E-state index contributed by atoms with van der Waals surface area (Å²) in [5.41, 5.74) is 7.11. The number of hydrogen-bond acceptors (Lipinski definition) is 2. The highest BCUT2D eigenvalue weighted by atomic mass is 35.5. The van der Waals surface area contributed by atoms with Crippen LogP contribution in [-0.2, 0) is 0 Å². The van der Waals surface area contributed by atoms with E-state index in [4.69, 9.17) is 4.42 Å². The molecule has 18 heavy (non-hydrogen) atoms. The van der Waals surface area contributed by atoms with E-state index in [1.807, 2.05) is 6.26 Å². The third-order valence-corrected chi connectivity index (χ3v) is 4.20. The summed E-state index contributed by atoms with van der Waals surface area (Å²) in [6.45, 7) is 6.76. The molecular weight excluding hydrogens is 246 g/mol. The lowest BCUT2D eigenvalue weighted by Gasteiger charge is -2.24. The molecule has 0 amide bonds. The van der Waals surface area contributed by atoms with Gasteiger partial charge in [-0.15, -0.1) is 12.4 Å². The zero-order chi connectivity index (χ0) is 11.8. The maximum atomic E-state index is 5.37. The molecule has 3 aliphatic rings. The van der Waals surface area contributed by atoms with Crippen LogP contribution in [0.3, 0.4) is 0 Å². The Labute approximate surface area is 115 Å². The summed E-state index contributed by atoms with van der Waals surface area (Å²) in [5.74, 6) is 0.699. The van der Waals surface area contributed by atoms with Crippen LogP contribution in [0.5, 0.6) is 0 Å². The van der Waals surface area contributed by atoms with Crippen LogP contribution in [0.2, 0.25) is 0 Å². The lowest BCUT2D eigenvalue weighted by atomic mass is 9.87. The van der Waals surface area contributed by atoms with Crippen LogP contribution in [0.1, 0.15) is 35.4 Å². The molecule has 1 saturated heterocycles. The van der Waals surface area contributed by atoms with E-state index < -0.39 is 0 Å². The Morgan fingerprint density at radius 3 is 2.56 bits per heavy atom. The fourth-order valence-electron chi connectivity index (χ4n) is 3.15. The fourth-order valence-corrected chi connectivity index (χ4v) is 3.15. The van der Waals surface area contributed by atoms with Crippen molar-refractivity contribution in [3.8, 4) is 11.1 Å². The molecule has 2 heterocycles. The summed E-state index contributed by atoms with van der Waals surface area (Å²) in [6, 6.07) is 2.10. The smallest absolute Gasteiger partial charge is 0.0982 e. The first-order valence-corrected chi connectivity index (χ1v) is 6.44. The van der Waals surface area contributed by atoms with Gasteiger partial charge in [-0.05, 0) is 74.0 Å². The fraction of sp³-hybridized carbons (Fsp3) is 0.467. The first-order valence-electron chi connectivity index (χ1n) is 6.44. The molecule has 1 N–H and O–H groups in total. The van der Waals surface area contributed by atoms with Crippen molar-refractivity contribution in [3.63, 3.8) is 0 Å². The summed E-state index contributed by atoms with van der Waals surface area (Å²) >= 11 is 0. The van der Waals surface area contributed by atoms with Crippen molar-refractivity contribution in [3.05, 3.63) is 35.3 Å². The van der Waals surface area contributed by atoms with Crippen LogP contribution < -0.4 is 5.32 Å². The molecule has 1 fully saturated rings. The lowest BCUT2D eigenvalue weighted by molar-refractivity contribution is 0.459. The van der Waals surface area contributed by atoms with E-state index in [1.54, 1.807) is 6.26 Å². The third kappa shape index (κ3) is 2.04. The summed E-state index contributed by atoms with van der Waals surface area (Å²) in [4.78, 5) is 0. The predicted octanol–water partition coefficient (Wildman–Crippen LogP) is 3.89. The Hall–Kier alpha value is -0.990. The Morgan fingerprint density at radius 2 is 1.83 bits per heavy atom. The molecule has 3 rings (SSSR count). The molecule has 2 aliphatic heterocycles. The van der Waals surface area contributed by atoms with E-state index in [2.05, 4.69) is 25.2 Å². The van der Waals surface area contributed by atoms with Crippen LogP contribution in [-0.4, -0.2) is 13.1 Å². The topological polar surface area (TPSA) is 25.2 Å². The maximum absolute atomic E-state index is 5.37. The summed E-state index contributed by atoms with van der Waals surface area (Å²) in [6.07, 6.45) is 6.19. The van der Waals surface area contributed by atoms with Gasteiger partial charge in [-0.2, -0.15) is 0 Å². The van der Waals surface area contributed by atoms with Gasteiger partial charge in [0.05, 0.1) is 12.5 Å². The van der Waals surface area contributed by atoms with Crippen molar-refractivity contribution in [1.29, 1.82) is 0 Å². The first kappa shape index (κ1) is 13.4. The molecule has 1 aliphatic carbocycles. The van der Waals surface area contributed by atoms with Gasteiger partial charge in [-0.25, -0.2) is 0 Å². The molecular formula is C15H20ClNO. The third-order valence-electron chi connectivity index (χ3n) is 4.20. The SMILES string of the molecule is Cc1c2ccocc-2c(C2CCNCC2)c1C.Cl. The van der Waals surface area contributed by atoms with Crippen molar-refractivity contribution < 1.29 is 4.42 Å². The number of hydrogen-bond donors (Lipinski definition) is 1. The second kappa shape index (κ2) is 5.33. The second-order valence-electron chi connectivity index (χ2n) is 5.07. The van der Waals surface area contributed by atoms with Crippen LogP contribution in [0, 0.1) is 13.8 Å². The normalized spacial score (nSPS) is 16.8. The van der Waals surface area contributed by atoms with Crippen molar-refractivity contribution in [2.24, 2.45) is 0 Å². The van der Waals surface area contributed by atoms with Crippen molar-refractivity contribution >= 4 is 12.4 Å². The predicted molar refractivity (Wildman–Crippen MR) is 76.9 cm³/mol. The molecule has 0 aromatic heterocycles. The monoisotopic (exact) mass is 265 g/mol. The van der Waals surface area contributed by atoms with Gasteiger partial charge in [0.25, 0.3) is 0 Å². The Balaban J connectivity index is 0.00000120. The highest BCUT2D eigenvalue weighted by Gasteiger charge is 2.25. The molecule has 0 saturated carbocycles. The van der Waals surface area contributed by atoms with Crippen LogP contribution in [0.4, 0.5) is 0 Å². The molecule has 0 unspecified atom stereocenters.